The molecule has 0 radical (unpaired) electrons. The maximum atomic E-state index is 9.26. The van der Waals surface area contributed by atoms with Gasteiger partial charge in [0.1, 0.15) is 0 Å². The molecule has 0 saturated heterocycles. The first-order valence-corrected chi connectivity index (χ1v) is 4.87. The Morgan fingerprint density at radius 3 is 2.40 bits per heavy atom. The summed E-state index contributed by atoms with van der Waals surface area (Å²) < 4.78 is 0. The van der Waals surface area contributed by atoms with Crippen LogP contribution >= 0.6 is 0 Å². The molecule has 3 rings (SSSR count). The van der Waals surface area contributed by atoms with Crippen molar-refractivity contribution in [3.8, 4) is 0 Å². The first-order chi connectivity index (χ1) is 7.27. The fourth-order valence-electron chi connectivity index (χ4n) is 2.19. The van der Waals surface area contributed by atoms with Crippen LogP contribution in [0.2, 0.25) is 0 Å². The normalized spacial score (nSPS) is 13.1. The molecular weight excluding hydrogens is 187 g/mol. The SMILES string of the molecule is OB(O)C1=Cc2cccc3cccc1c23. The highest BCUT2D eigenvalue weighted by Crippen LogP contribution is 2.36. The molecule has 0 atom stereocenters. The smallest absolute Gasteiger partial charge is 0.423 e. The molecule has 2 aromatic carbocycles. The molecule has 0 bridgehead atoms. The van der Waals surface area contributed by atoms with Gasteiger partial charge in [-0.25, -0.2) is 0 Å². The summed E-state index contributed by atoms with van der Waals surface area (Å²) in [6, 6.07) is 11.9. The van der Waals surface area contributed by atoms with Crippen LogP contribution in [0.4, 0.5) is 0 Å². The van der Waals surface area contributed by atoms with E-state index in [4.69, 9.17) is 0 Å². The highest BCUT2D eigenvalue weighted by molar-refractivity contribution is 6.69. The third-order valence-corrected chi connectivity index (χ3v) is 2.84. The summed E-state index contributed by atoms with van der Waals surface area (Å²) in [6.45, 7) is 0. The Morgan fingerprint density at radius 2 is 1.67 bits per heavy atom. The van der Waals surface area contributed by atoms with E-state index < -0.39 is 7.12 Å². The monoisotopic (exact) mass is 196 g/mol. The van der Waals surface area contributed by atoms with Gasteiger partial charge in [-0.15, -0.1) is 0 Å². The van der Waals surface area contributed by atoms with Crippen LogP contribution in [0.5, 0.6) is 0 Å². The van der Waals surface area contributed by atoms with Crippen molar-refractivity contribution >= 4 is 29.4 Å². The van der Waals surface area contributed by atoms with Crippen molar-refractivity contribution in [3.05, 3.63) is 47.5 Å². The Labute approximate surface area is 87.6 Å². The van der Waals surface area contributed by atoms with Crippen LogP contribution in [0.15, 0.2) is 36.4 Å². The Morgan fingerprint density at radius 1 is 0.933 bits per heavy atom. The van der Waals surface area contributed by atoms with E-state index in [0.29, 0.717) is 5.47 Å². The summed E-state index contributed by atoms with van der Waals surface area (Å²) in [5.41, 5.74) is 2.58. The largest absolute Gasteiger partial charge is 0.489 e. The minimum atomic E-state index is -1.40. The van der Waals surface area contributed by atoms with Crippen LogP contribution < -0.4 is 0 Å². The molecule has 0 spiro atoms. The van der Waals surface area contributed by atoms with Gasteiger partial charge in [-0.3, -0.25) is 0 Å². The Bertz CT molecular complexity index is 568. The van der Waals surface area contributed by atoms with E-state index in [-0.39, 0.29) is 0 Å². The maximum absolute atomic E-state index is 9.26. The molecule has 2 nitrogen and oxygen atoms in total. The Kier molecular flexibility index (Phi) is 1.72. The first-order valence-electron chi connectivity index (χ1n) is 4.87. The van der Waals surface area contributed by atoms with Crippen molar-refractivity contribution in [2.75, 3.05) is 0 Å². The van der Waals surface area contributed by atoms with E-state index in [9.17, 15) is 10.0 Å². The number of hydrogen-bond acceptors (Lipinski definition) is 2. The van der Waals surface area contributed by atoms with Gasteiger partial charge in [0.25, 0.3) is 0 Å². The fourth-order valence-corrected chi connectivity index (χ4v) is 2.19. The lowest BCUT2D eigenvalue weighted by molar-refractivity contribution is 0.427. The molecule has 0 fully saturated rings. The van der Waals surface area contributed by atoms with Gasteiger partial charge in [-0.1, -0.05) is 42.5 Å². The van der Waals surface area contributed by atoms with Gasteiger partial charge < -0.3 is 10.0 Å². The molecular formula is C12H9BO2. The summed E-state index contributed by atoms with van der Waals surface area (Å²) in [6.07, 6.45) is 1.84. The van der Waals surface area contributed by atoms with Crippen molar-refractivity contribution < 1.29 is 10.0 Å². The molecule has 72 valence electrons. The van der Waals surface area contributed by atoms with E-state index in [1.807, 2.05) is 42.5 Å². The molecule has 2 aromatic rings. The standard InChI is InChI=1S/C12H9BO2/c14-13(15)11-7-9-5-1-3-8-4-2-6-10(11)12(8)9/h1-7,14-15H. The molecule has 15 heavy (non-hydrogen) atoms. The van der Waals surface area contributed by atoms with Gasteiger partial charge in [0.05, 0.1) is 0 Å². The number of benzene rings is 2. The van der Waals surface area contributed by atoms with Crippen molar-refractivity contribution in [3.63, 3.8) is 0 Å². The molecule has 1 aliphatic rings. The van der Waals surface area contributed by atoms with Gasteiger partial charge in [-0.2, -0.15) is 0 Å². The Balaban J connectivity index is 2.40. The molecule has 0 aliphatic heterocycles. The predicted octanol–water partition coefficient (Wildman–Crippen LogP) is 1.71. The molecule has 2 N–H and O–H groups in total. The average molecular weight is 196 g/mol. The van der Waals surface area contributed by atoms with Crippen LogP contribution in [0, 0.1) is 0 Å². The minimum Gasteiger partial charge on any atom is -0.423 e. The van der Waals surface area contributed by atoms with Gasteiger partial charge in [0, 0.05) is 0 Å². The molecule has 0 heterocycles. The van der Waals surface area contributed by atoms with Gasteiger partial charge in [0.2, 0.25) is 0 Å². The van der Waals surface area contributed by atoms with Crippen LogP contribution in [0.25, 0.3) is 22.3 Å². The van der Waals surface area contributed by atoms with E-state index in [2.05, 4.69) is 0 Å². The van der Waals surface area contributed by atoms with Crippen molar-refractivity contribution in [2.45, 2.75) is 0 Å². The number of rotatable bonds is 1. The van der Waals surface area contributed by atoms with E-state index in [0.717, 1.165) is 21.9 Å². The van der Waals surface area contributed by atoms with Crippen LogP contribution in [0.1, 0.15) is 11.1 Å². The summed E-state index contributed by atoms with van der Waals surface area (Å²) in [7, 11) is -1.40. The van der Waals surface area contributed by atoms with Crippen LogP contribution in [-0.4, -0.2) is 17.2 Å². The van der Waals surface area contributed by atoms with Crippen LogP contribution in [-0.2, 0) is 0 Å². The van der Waals surface area contributed by atoms with E-state index >= 15 is 0 Å². The third-order valence-electron chi connectivity index (χ3n) is 2.84. The minimum absolute atomic E-state index is 0.585. The summed E-state index contributed by atoms with van der Waals surface area (Å²) in [4.78, 5) is 0. The average Bonchev–Trinajstić information content (AvgIpc) is 2.61. The lowest BCUT2D eigenvalue weighted by Crippen LogP contribution is -2.12. The van der Waals surface area contributed by atoms with Crippen LogP contribution in [0.3, 0.4) is 0 Å². The number of hydrogen-bond donors (Lipinski definition) is 2. The molecule has 0 saturated carbocycles. The predicted molar refractivity (Wildman–Crippen MR) is 62.0 cm³/mol. The zero-order valence-electron chi connectivity index (χ0n) is 8.01. The summed E-state index contributed by atoms with van der Waals surface area (Å²) in [5.74, 6) is 0. The van der Waals surface area contributed by atoms with E-state index in [1.54, 1.807) is 0 Å². The second-order valence-corrected chi connectivity index (χ2v) is 3.72. The fraction of sp³-hybridized carbons (Fsp3) is 0. The molecule has 0 amide bonds. The van der Waals surface area contributed by atoms with Gasteiger partial charge in [0.15, 0.2) is 0 Å². The lowest BCUT2D eigenvalue weighted by Gasteiger charge is -2.04. The lowest BCUT2D eigenvalue weighted by atomic mass is 9.76. The zero-order chi connectivity index (χ0) is 10.4. The van der Waals surface area contributed by atoms with Crippen molar-refractivity contribution in [1.82, 2.24) is 0 Å². The highest BCUT2D eigenvalue weighted by atomic mass is 16.4. The highest BCUT2D eigenvalue weighted by Gasteiger charge is 2.24. The van der Waals surface area contributed by atoms with E-state index in [1.165, 1.54) is 0 Å². The quantitative estimate of drug-likeness (QED) is 0.681. The topological polar surface area (TPSA) is 40.5 Å². The van der Waals surface area contributed by atoms with Gasteiger partial charge >= 0.3 is 7.12 Å². The van der Waals surface area contributed by atoms with Crippen molar-refractivity contribution in [1.29, 1.82) is 0 Å². The zero-order valence-corrected chi connectivity index (χ0v) is 8.01. The van der Waals surface area contributed by atoms with Gasteiger partial charge in [-0.05, 0) is 27.4 Å². The maximum Gasteiger partial charge on any atom is 0.489 e. The summed E-state index contributed by atoms with van der Waals surface area (Å²) in [5, 5.41) is 20.8. The molecule has 0 aromatic heterocycles. The second kappa shape index (κ2) is 2.96. The molecule has 1 aliphatic carbocycles. The third kappa shape index (κ3) is 1.14. The Hall–Kier alpha value is -1.58. The molecule has 3 heteroatoms. The van der Waals surface area contributed by atoms with Crippen molar-refractivity contribution in [2.24, 2.45) is 0 Å². The second-order valence-electron chi connectivity index (χ2n) is 3.72. The molecule has 0 unspecified atom stereocenters. The summed E-state index contributed by atoms with van der Waals surface area (Å²) >= 11 is 0. The first kappa shape index (κ1) is 8.71.